The Labute approximate surface area is 208 Å². The van der Waals surface area contributed by atoms with Gasteiger partial charge in [0.2, 0.25) is 0 Å². The number of benzene rings is 2. The number of fused-ring (bicyclic) bond motifs is 1. The molecule has 184 valence electrons. The maximum absolute atomic E-state index is 12.8. The number of hydrogen-bond acceptors (Lipinski definition) is 4. The highest BCUT2D eigenvalue weighted by Gasteiger charge is 2.52. The summed E-state index contributed by atoms with van der Waals surface area (Å²) in [7, 11) is 3.36. The maximum Gasteiger partial charge on any atom is 0.319 e. The van der Waals surface area contributed by atoms with Crippen LogP contribution in [0.3, 0.4) is 0 Å². The molecule has 3 unspecified atom stereocenters. The number of halogens is 1. The Morgan fingerprint density at radius 2 is 1.88 bits per heavy atom. The van der Waals surface area contributed by atoms with Gasteiger partial charge in [0.1, 0.15) is 0 Å². The average molecular weight is 486 g/mol. The third kappa shape index (κ3) is 4.71. The van der Waals surface area contributed by atoms with Gasteiger partial charge in [-0.15, -0.1) is 0 Å². The van der Waals surface area contributed by atoms with Crippen LogP contribution in [0.15, 0.2) is 36.4 Å². The molecule has 1 saturated carbocycles. The minimum absolute atomic E-state index is 0.0437. The molecule has 2 aromatic rings. The van der Waals surface area contributed by atoms with Gasteiger partial charge in [-0.1, -0.05) is 23.7 Å². The van der Waals surface area contributed by atoms with Crippen molar-refractivity contribution in [1.29, 1.82) is 0 Å². The van der Waals surface area contributed by atoms with Crippen LogP contribution in [-0.2, 0) is 5.41 Å². The topological polar surface area (TPSA) is 62.8 Å². The molecule has 0 spiro atoms. The second-order valence-electron chi connectivity index (χ2n) is 9.85. The summed E-state index contributed by atoms with van der Waals surface area (Å²) < 4.78 is 11.1. The number of aryl methyl sites for hydroxylation is 1. The molecule has 34 heavy (non-hydrogen) atoms. The summed E-state index contributed by atoms with van der Waals surface area (Å²) in [6.45, 7) is 7.53. The Hall–Kier alpha value is -2.44. The fraction of sp³-hybridized carbons (Fsp3) is 0.519. The number of hydrogen-bond donors (Lipinski definition) is 2. The van der Waals surface area contributed by atoms with Crippen molar-refractivity contribution >= 4 is 23.3 Å². The van der Waals surface area contributed by atoms with E-state index in [1.165, 1.54) is 5.56 Å². The van der Waals surface area contributed by atoms with Gasteiger partial charge in [0.15, 0.2) is 11.5 Å². The SMILES string of the molecule is COc1ccc(C23CCC(NC(=O)Nc4cc(Cl)ccc4C)CC2N(C(C)C)CC3)cc1OC. The summed E-state index contributed by atoms with van der Waals surface area (Å²) in [5.74, 6) is 1.52. The van der Waals surface area contributed by atoms with Crippen LogP contribution in [0.1, 0.15) is 50.7 Å². The lowest BCUT2D eigenvalue weighted by molar-refractivity contribution is 0.113. The molecule has 3 atom stereocenters. The Bertz CT molecular complexity index is 1040. The minimum atomic E-state index is -0.178. The minimum Gasteiger partial charge on any atom is -0.493 e. The van der Waals surface area contributed by atoms with E-state index in [-0.39, 0.29) is 17.5 Å². The first kappa shape index (κ1) is 24.7. The second-order valence-corrected chi connectivity index (χ2v) is 10.3. The monoisotopic (exact) mass is 485 g/mol. The number of methoxy groups -OCH3 is 2. The van der Waals surface area contributed by atoms with E-state index in [1.807, 2.05) is 25.1 Å². The first-order valence-corrected chi connectivity index (χ1v) is 12.5. The molecule has 4 rings (SSSR count). The highest BCUT2D eigenvalue weighted by Crippen LogP contribution is 2.50. The zero-order chi connectivity index (χ0) is 24.5. The molecule has 1 aliphatic heterocycles. The number of nitrogens with zero attached hydrogens (tertiary/aromatic N) is 1. The Morgan fingerprint density at radius 3 is 2.59 bits per heavy atom. The summed E-state index contributed by atoms with van der Waals surface area (Å²) >= 11 is 6.12. The van der Waals surface area contributed by atoms with Gasteiger partial charge in [-0.25, -0.2) is 4.79 Å². The quantitative estimate of drug-likeness (QED) is 0.546. The van der Waals surface area contributed by atoms with Crippen LogP contribution in [0.4, 0.5) is 10.5 Å². The molecule has 1 heterocycles. The van der Waals surface area contributed by atoms with E-state index in [9.17, 15) is 4.79 Å². The van der Waals surface area contributed by atoms with Gasteiger partial charge >= 0.3 is 6.03 Å². The van der Waals surface area contributed by atoms with Gasteiger partial charge in [0.25, 0.3) is 0 Å². The second kappa shape index (κ2) is 10.0. The largest absolute Gasteiger partial charge is 0.493 e. The standard InChI is InChI=1S/C27H36ClN3O3/c1-17(2)31-13-12-27(19-7-9-23(33-4)24(14-19)34-5)11-10-21(16-25(27)31)29-26(32)30-22-15-20(28)8-6-18(22)3/h6-9,14-15,17,21,25H,10-13,16H2,1-5H3,(H2,29,30,32). The number of nitrogens with one attached hydrogen (secondary N) is 2. The van der Waals surface area contributed by atoms with Crippen molar-refractivity contribution in [3.63, 3.8) is 0 Å². The van der Waals surface area contributed by atoms with E-state index in [2.05, 4.69) is 41.5 Å². The van der Waals surface area contributed by atoms with E-state index in [0.29, 0.717) is 17.1 Å². The Balaban J connectivity index is 1.54. The molecule has 2 aromatic carbocycles. The van der Waals surface area contributed by atoms with Crippen LogP contribution in [0.5, 0.6) is 11.5 Å². The molecule has 2 aliphatic rings. The predicted molar refractivity (Wildman–Crippen MR) is 137 cm³/mol. The van der Waals surface area contributed by atoms with Crippen LogP contribution in [0, 0.1) is 6.92 Å². The van der Waals surface area contributed by atoms with Gasteiger partial charge in [0, 0.05) is 34.3 Å². The third-order valence-corrected chi connectivity index (χ3v) is 7.94. The summed E-state index contributed by atoms with van der Waals surface area (Å²) in [5, 5.41) is 6.82. The zero-order valence-electron chi connectivity index (χ0n) is 20.8. The summed E-state index contributed by atoms with van der Waals surface area (Å²) in [5.41, 5.74) is 3.07. The summed E-state index contributed by atoms with van der Waals surface area (Å²) in [6, 6.07) is 12.6. The molecule has 1 saturated heterocycles. The fourth-order valence-corrected chi connectivity index (χ4v) is 6.06. The van der Waals surface area contributed by atoms with Crippen molar-refractivity contribution in [2.45, 2.75) is 70.0 Å². The molecule has 7 heteroatoms. The van der Waals surface area contributed by atoms with Crippen molar-refractivity contribution in [3.8, 4) is 11.5 Å². The zero-order valence-corrected chi connectivity index (χ0v) is 21.5. The Morgan fingerprint density at radius 1 is 1.12 bits per heavy atom. The lowest BCUT2D eigenvalue weighted by Crippen LogP contribution is -2.54. The summed E-state index contributed by atoms with van der Waals surface area (Å²) in [6.07, 6.45) is 3.96. The molecule has 2 fully saturated rings. The predicted octanol–water partition coefficient (Wildman–Crippen LogP) is 5.76. The van der Waals surface area contributed by atoms with E-state index >= 15 is 0 Å². The molecule has 2 N–H and O–H groups in total. The van der Waals surface area contributed by atoms with Crippen molar-refractivity contribution < 1.29 is 14.3 Å². The van der Waals surface area contributed by atoms with E-state index in [0.717, 1.165) is 55.0 Å². The number of ether oxygens (including phenoxy) is 2. The lowest BCUT2D eigenvalue weighted by Gasteiger charge is -2.46. The van der Waals surface area contributed by atoms with Crippen LogP contribution < -0.4 is 20.1 Å². The number of urea groups is 1. The van der Waals surface area contributed by atoms with Crippen molar-refractivity contribution in [2.24, 2.45) is 0 Å². The van der Waals surface area contributed by atoms with Crippen LogP contribution >= 0.6 is 11.6 Å². The van der Waals surface area contributed by atoms with Crippen molar-refractivity contribution in [3.05, 3.63) is 52.5 Å². The van der Waals surface area contributed by atoms with Gasteiger partial charge in [-0.3, -0.25) is 4.90 Å². The lowest BCUT2D eigenvalue weighted by atomic mass is 9.65. The van der Waals surface area contributed by atoms with Gasteiger partial charge < -0.3 is 20.1 Å². The molecule has 0 bridgehead atoms. The van der Waals surface area contributed by atoms with Gasteiger partial charge in [-0.05, 0) is 88.4 Å². The van der Waals surface area contributed by atoms with Gasteiger partial charge in [-0.2, -0.15) is 0 Å². The van der Waals surface area contributed by atoms with Crippen molar-refractivity contribution in [2.75, 3.05) is 26.1 Å². The highest BCUT2D eigenvalue weighted by molar-refractivity contribution is 6.31. The molecule has 1 aliphatic carbocycles. The Kier molecular flexibility index (Phi) is 7.29. The average Bonchev–Trinajstić information content (AvgIpc) is 3.21. The number of likely N-dealkylation sites (tertiary alicyclic amines) is 1. The number of anilines is 1. The highest BCUT2D eigenvalue weighted by atomic mass is 35.5. The summed E-state index contributed by atoms with van der Waals surface area (Å²) in [4.78, 5) is 15.4. The third-order valence-electron chi connectivity index (χ3n) is 7.71. The number of rotatable bonds is 6. The number of amides is 2. The van der Waals surface area contributed by atoms with Gasteiger partial charge in [0.05, 0.1) is 14.2 Å². The number of carbonyl (C=O) groups excluding carboxylic acids is 1. The number of carbonyl (C=O) groups is 1. The van der Waals surface area contributed by atoms with Crippen LogP contribution in [0.2, 0.25) is 5.02 Å². The first-order valence-electron chi connectivity index (χ1n) is 12.1. The molecule has 6 nitrogen and oxygen atoms in total. The van der Waals surface area contributed by atoms with Crippen LogP contribution in [-0.4, -0.2) is 49.8 Å². The molecule has 2 amide bonds. The molecular formula is C27H36ClN3O3. The fourth-order valence-electron chi connectivity index (χ4n) is 5.89. The molecule has 0 aromatic heterocycles. The van der Waals surface area contributed by atoms with E-state index in [4.69, 9.17) is 21.1 Å². The molecular weight excluding hydrogens is 450 g/mol. The van der Waals surface area contributed by atoms with E-state index in [1.54, 1.807) is 20.3 Å². The first-order chi connectivity index (χ1) is 16.3. The van der Waals surface area contributed by atoms with E-state index < -0.39 is 0 Å². The smallest absolute Gasteiger partial charge is 0.319 e. The normalized spacial score (nSPS) is 24.6. The maximum atomic E-state index is 12.8. The van der Waals surface area contributed by atoms with Crippen molar-refractivity contribution in [1.82, 2.24) is 10.2 Å². The van der Waals surface area contributed by atoms with Crippen LogP contribution in [0.25, 0.3) is 0 Å². The molecule has 0 radical (unpaired) electrons.